The number of methoxy groups -OCH3 is 2. The van der Waals surface area contributed by atoms with Crippen molar-refractivity contribution in [3.63, 3.8) is 0 Å². The first kappa shape index (κ1) is 20.0. The zero-order valence-electron chi connectivity index (χ0n) is 16.2. The van der Waals surface area contributed by atoms with E-state index in [-0.39, 0.29) is 0 Å². The predicted molar refractivity (Wildman–Crippen MR) is 114 cm³/mol. The highest BCUT2D eigenvalue weighted by molar-refractivity contribution is 9.10. The van der Waals surface area contributed by atoms with Gasteiger partial charge in [0.1, 0.15) is 0 Å². The number of carbonyl (C=O) groups is 1. The molecule has 5 nitrogen and oxygen atoms in total. The van der Waals surface area contributed by atoms with Gasteiger partial charge in [0.05, 0.1) is 19.8 Å². The Morgan fingerprint density at radius 1 is 1.07 bits per heavy atom. The Balaban J connectivity index is 1.96. The summed E-state index contributed by atoms with van der Waals surface area (Å²) in [6, 6.07) is 15.8. The maximum absolute atomic E-state index is 11.9. The first-order chi connectivity index (χ1) is 13.4. The van der Waals surface area contributed by atoms with Gasteiger partial charge in [0.25, 0.3) is 5.91 Å². The summed E-state index contributed by atoms with van der Waals surface area (Å²) < 4.78 is 13.8. The highest BCUT2D eigenvalue weighted by Gasteiger charge is 2.17. The van der Waals surface area contributed by atoms with Crippen LogP contribution < -0.4 is 15.2 Å². The van der Waals surface area contributed by atoms with Crippen molar-refractivity contribution in [3.05, 3.63) is 69.8 Å². The van der Waals surface area contributed by atoms with Crippen LogP contribution in [-0.2, 0) is 13.0 Å². The SMILES string of the molecule is COc1ccc(CCn2c(-c3cccc(Br)c3)cc(C(N)=O)c2C)cc1OC. The summed E-state index contributed by atoms with van der Waals surface area (Å²) in [5, 5.41) is 0. The van der Waals surface area contributed by atoms with Crippen molar-refractivity contribution in [2.75, 3.05) is 14.2 Å². The van der Waals surface area contributed by atoms with Gasteiger partial charge in [0, 0.05) is 22.4 Å². The Hall–Kier alpha value is -2.73. The summed E-state index contributed by atoms with van der Waals surface area (Å²) in [6.07, 6.45) is 0.773. The fourth-order valence-electron chi connectivity index (χ4n) is 3.35. The van der Waals surface area contributed by atoms with Crippen LogP contribution in [0.2, 0.25) is 0 Å². The van der Waals surface area contributed by atoms with Crippen LogP contribution >= 0.6 is 15.9 Å². The number of benzene rings is 2. The number of aromatic nitrogens is 1. The number of amides is 1. The second-order valence-corrected chi connectivity index (χ2v) is 7.41. The number of rotatable bonds is 7. The van der Waals surface area contributed by atoms with Crippen molar-refractivity contribution in [2.45, 2.75) is 19.9 Å². The van der Waals surface area contributed by atoms with Crippen LogP contribution in [0.4, 0.5) is 0 Å². The zero-order valence-corrected chi connectivity index (χ0v) is 17.7. The molecule has 0 saturated heterocycles. The van der Waals surface area contributed by atoms with Gasteiger partial charge in [-0.3, -0.25) is 4.79 Å². The topological polar surface area (TPSA) is 66.5 Å². The number of carbonyl (C=O) groups excluding carboxylic acids is 1. The summed E-state index contributed by atoms with van der Waals surface area (Å²) in [6.45, 7) is 2.63. The van der Waals surface area contributed by atoms with Gasteiger partial charge in [0.15, 0.2) is 11.5 Å². The second-order valence-electron chi connectivity index (χ2n) is 6.49. The molecule has 1 aromatic heterocycles. The zero-order chi connectivity index (χ0) is 20.3. The van der Waals surface area contributed by atoms with Crippen molar-refractivity contribution < 1.29 is 14.3 Å². The molecule has 0 saturated carbocycles. The average Bonchev–Trinajstić information content (AvgIpc) is 3.02. The number of nitrogens with zero attached hydrogens (tertiary/aromatic N) is 1. The van der Waals surface area contributed by atoms with E-state index in [9.17, 15) is 4.79 Å². The van der Waals surface area contributed by atoms with Crippen LogP contribution in [0.25, 0.3) is 11.3 Å². The number of aryl methyl sites for hydroxylation is 1. The van der Waals surface area contributed by atoms with E-state index >= 15 is 0 Å². The number of hydrogen-bond donors (Lipinski definition) is 1. The fraction of sp³-hybridized carbons (Fsp3) is 0.227. The molecule has 28 heavy (non-hydrogen) atoms. The normalized spacial score (nSPS) is 10.7. The van der Waals surface area contributed by atoms with Crippen molar-refractivity contribution in [2.24, 2.45) is 5.73 Å². The van der Waals surface area contributed by atoms with E-state index in [0.29, 0.717) is 23.6 Å². The molecule has 0 radical (unpaired) electrons. The van der Waals surface area contributed by atoms with Crippen molar-refractivity contribution in [1.82, 2.24) is 4.57 Å². The van der Waals surface area contributed by atoms with E-state index in [0.717, 1.165) is 33.4 Å². The molecule has 1 heterocycles. The van der Waals surface area contributed by atoms with Gasteiger partial charge in [-0.2, -0.15) is 0 Å². The van der Waals surface area contributed by atoms with Crippen LogP contribution in [0, 0.1) is 6.92 Å². The molecule has 0 spiro atoms. The van der Waals surface area contributed by atoms with Crippen LogP contribution in [-0.4, -0.2) is 24.7 Å². The van der Waals surface area contributed by atoms with E-state index in [2.05, 4.69) is 20.5 Å². The van der Waals surface area contributed by atoms with Crippen molar-refractivity contribution in [3.8, 4) is 22.8 Å². The minimum Gasteiger partial charge on any atom is -0.493 e. The maximum atomic E-state index is 11.9. The molecule has 0 unspecified atom stereocenters. The second kappa shape index (κ2) is 8.52. The van der Waals surface area contributed by atoms with E-state index in [1.54, 1.807) is 14.2 Å². The van der Waals surface area contributed by atoms with Gasteiger partial charge < -0.3 is 19.8 Å². The van der Waals surface area contributed by atoms with Crippen molar-refractivity contribution >= 4 is 21.8 Å². The summed E-state index contributed by atoms with van der Waals surface area (Å²) in [7, 11) is 3.25. The first-order valence-corrected chi connectivity index (χ1v) is 9.70. The first-order valence-electron chi connectivity index (χ1n) is 8.91. The Morgan fingerprint density at radius 3 is 2.46 bits per heavy atom. The molecule has 6 heteroatoms. The molecule has 0 aliphatic heterocycles. The molecular formula is C22H23BrN2O3. The summed E-state index contributed by atoms with van der Waals surface area (Å²) in [5.41, 5.74) is 10.1. The van der Waals surface area contributed by atoms with E-state index < -0.39 is 5.91 Å². The minimum atomic E-state index is -0.418. The highest BCUT2D eigenvalue weighted by atomic mass is 79.9. The molecule has 3 rings (SSSR count). The van der Waals surface area contributed by atoms with Crippen molar-refractivity contribution in [1.29, 1.82) is 0 Å². The molecule has 0 aliphatic carbocycles. The van der Waals surface area contributed by atoms with E-state index in [1.165, 1.54) is 0 Å². The number of halogens is 1. The Labute approximate surface area is 173 Å². The molecule has 1 amide bonds. The lowest BCUT2D eigenvalue weighted by molar-refractivity contribution is 0.0999. The standard InChI is InChI=1S/C22H23BrN2O3/c1-14-18(22(24)26)13-19(16-5-4-6-17(23)12-16)25(14)10-9-15-7-8-20(27-2)21(11-15)28-3/h4-8,11-13H,9-10H2,1-3H3,(H2,24,26). The molecule has 2 N–H and O–H groups in total. The van der Waals surface area contributed by atoms with Crippen LogP contribution in [0.5, 0.6) is 11.5 Å². The third-order valence-electron chi connectivity index (χ3n) is 4.82. The maximum Gasteiger partial charge on any atom is 0.250 e. The molecule has 3 aromatic rings. The molecule has 2 aromatic carbocycles. The van der Waals surface area contributed by atoms with Gasteiger partial charge in [-0.25, -0.2) is 0 Å². The van der Waals surface area contributed by atoms with Crippen LogP contribution in [0.15, 0.2) is 53.0 Å². The smallest absolute Gasteiger partial charge is 0.250 e. The lowest BCUT2D eigenvalue weighted by Crippen LogP contribution is -2.13. The summed E-state index contributed by atoms with van der Waals surface area (Å²) >= 11 is 3.52. The highest BCUT2D eigenvalue weighted by Crippen LogP contribution is 2.30. The molecule has 0 atom stereocenters. The van der Waals surface area contributed by atoms with E-state index in [1.807, 2.05) is 55.5 Å². The average molecular weight is 443 g/mol. The molecule has 0 bridgehead atoms. The van der Waals surface area contributed by atoms with Crippen LogP contribution in [0.3, 0.4) is 0 Å². The molecule has 0 aliphatic rings. The summed E-state index contributed by atoms with van der Waals surface area (Å²) in [4.78, 5) is 11.9. The predicted octanol–water partition coefficient (Wildman–Crippen LogP) is 4.58. The lowest BCUT2D eigenvalue weighted by Gasteiger charge is -2.14. The monoisotopic (exact) mass is 442 g/mol. The largest absolute Gasteiger partial charge is 0.493 e. The van der Waals surface area contributed by atoms with Gasteiger partial charge in [0.2, 0.25) is 0 Å². The third-order valence-corrected chi connectivity index (χ3v) is 5.32. The van der Waals surface area contributed by atoms with Gasteiger partial charge in [-0.15, -0.1) is 0 Å². The van der Waals surface area contributed by atoms with E-state index in [4.69, 9.17) is 15.2 Å². The quantitative estimate of drug-likeness (QED) is 0.581. The minimum absolute atomic E-state index is 0.418. The fourth-order valence-corrected chi connectivity index (χ4v) is 3.75. The number of ether oxygens (including phenoxy) is 2. The third kappa shape index (κ3) is 4.07. The molecular weight excluding hydrogens is 420 g/mol. The Morgan fingerprint density at radius 2 is 1.82 bits per heavy atom. The summed E-state index contributed by atoms with van der Waals surface area (Å²) in [5.74, 6) is 0.988. The Bertz CT molecular complexity index is 1010. The molecule has 146 valence electrons. The molecule has 0 fully saturated rings. The number of hydrogen-bond acceptors (Lipinski definition) is 3. The lowest BCUT2D eigenvalue weighted by atomic mass is 10.1. The number of primary amides is 1. The Kier molecular flexibility index (Phi) is 6.09. The van der Waals surface area contributed by atoms with Gasteiger partial charge >= 0.3 is 0 Å². The van der Waals surface area contributed by atoms with Gasteiger partial charge in [-0.05, 0) is 54.8 Å². The van der Waals surface area contributed by atoms with Crippen LogP contribution in [0.1, 0.15) is 21.6 Å². The van der Waals surface area contributed by atoms with Gasteiger partial charge in [-0.1, -0.05) is 34.1 Å². The number of nitrogens with two attached hydrogens (primary N) is 1.